The average molecular weight is 277 g/mol. The number of sulfone groups is 1. The monoisotopic (exact) mass is 277 g/mol. The second-order valence-electron chi connectivity index (χ2n) is 4.38. The molecule has 0 aromatic carbocycles. The van der Waals surface area contributed by atoms with E-state index in [9.17, 15) is 8.42 Å². The molecule has 0 radical (unpaired) electrons. The normalized spacial score (nSPS) is 12.1. The molecule has 17 heavy (non-hydrogen) atoms. The lowest BCUT2D eigenvalue weighted by Gasteiger charge is -2.20. The average Bonchev–Trinajstić information content (AvgIpc) is 2.60. The zero-order valence-corrected chi connectivity index (χ0v) is 12.2. The van der Waals surface area contributed by atoms with Gasteiger partial charge in [0.2, 0.25) is 0 Å². The lowest BCUT2D eigenvalue weighted by Crippen LogP contribution is -2.23. The number of rotatable bonds is 5. The van der Waals surface area contributed by atoms with Gasteiger partial charge in [-0.25, -0.2) is 8.42 Å². The summed E-state index contributed by atoms with van der Waals surface area (Å²) in [5.41, 5.74) is 5.67. The number of nitrogen functional groups attached to an aromatic ring is 1. The van der Waals surface area contributed by atoms with E-state index >= 15 is 0 Å². The first-order chi connectivity index (χ1) is 7.79. The third-order valence-corrected chi connectivity index (χ3v) is 5.22. The van der Waals surface area contributed by atoms with Crippen LogP contribution in [0.15, 0.2) is 4.90 Å². The fourth-order valence-electron chi connectivity index (χ4n) is 1.60. The summed E-state index contributed by atoms with van der Waals surface area (Å²) >= 11 is 1.14. The molecule has 0 amide bonds. The number of anilines is 2. The Kier molecular flexibility index (Phi) is 4.37. The van der Waals surface area contributed by atoms with Crippen molar-refractivity contribution in [2.24, 2.45) is 5.92 Å². The van der Waals surface area contributed by atoms with E-state index in [-0.39, 0.29) is 16.5 Å². The first-order valence-electron chi connectivity index (χ1n) is 5.48. The van der Waals surface area contributed by atoms with Crippen molar-refractivity contribution in [1.82, 2.24) is 4.37 Å². The van der Waals surface area contributed by atoms with Crippen LogP contribution >= 0.6 is 11.5 Å². The smallest absolute Gasteiger partial charge is 0.184 e. The van der Waals surface area contributed by atoms with Crippen LogP contribution in [0.25, 0.3) is 0 Å². The molecular weight excluding hydrogens is 258 g/mol. The maximum absolute atomic E-state index is 12.0. The number of aromatic nitrogens is 1. The quantitative estimate of drug-likeness (QED) is 0.885. The Labute approximate surface area is 107 Å². The van der Waals surface area contributed by atoms with Gasteiger partial charge in [0.1, 0.15) is 9.90 Å². The van der Waals surface area contributed by atoms with Crippen molar-refractivity contribution in [1.29, 1.82) is 0 Å². The molecule has 1 aromatic rings. The van der Waals surface area contributed by atoms with Gasteiger partial charge in [0.25, 0.3) is 0 Å². The van der Waals surface area contributed by atoms with Crippen LogP contribution in [-0.2, 0) is 9.84 Å². The van der Waals surface area contributed by atoms with E-state index in [1.54, 1.807) is 6.92 Å². The molecule has 2 N–H and O–H groups in total. The summed E-state index contributed by atoms with van der Waals surface area (Å²) in [6, 6.07) is 0. The Morgan fingerprint density at radius 3 is 2.53 bits per heavy atom. The molecule has 1 heterocycles. The molecule has 0 saturated heterocycles. The van der Waals surface area contributed by atoms with Crippen molar-refractivity contribution in [2.45, 2.75) is 25.7 Å². The van der Waals surface area contributed by atoms with Crippen molar-refractivity contribution < 1.29 is 8.42 Å². The second kappa shape index (κ2) is 5.22. The van der Waals surface area contributed by atoms with Gasteiger partial charge in [0, 0.05) is 13.6 Å². The molecule has 0 atom stereocenters. The number of nitrogens with two attached hydrogens (primary N) is 1. The second-order valence-corrected chi connectivity index (χ2v) is 7.35. The molecule has 7 heteroatoms. The zero-order valence-electron chi connectivity index (χ0n) is 10.6. The van der Waals surface area contributed by atoms with E-state index in [0.717, 1.165) is 18.1 Å². The topological polar surface area (TPSA) is 76.3 Å². The van der Waals surface area contributed by atoms with Crippen LogP contribution in [0.5, 0.6) is 0 Å². The van der Waals surface area contributed by atoms with Crippen LogP contribution in [0.4, 0.5) is 10.8 Å². The third kappa shape index (κ3) is 3.10. The van der Waals surface area contributed by atoms with Gasteiger partial charge in [-0.05, 0) is 17.5 Å². The predicted molar refractivity (Wildman–Crippen MR) is 72.4 cm³/mol. The Morgan fingerprint density at radius 2 is 2.06 bits per heavy atom. The summed E-state index contributed by atoms with van der Waals surface area (Å²) in [5.74, 6) is 0.598. The van der Waals surface area contributed by atoms with Crippen molar-refractivity contribution in [3.8, 4) is 0 Å². The van der Waals surface area contributed by atoms with Gasteiger partial charge < -0.3 is 10.6 Å². The van der Waals surface area contributed by atoms with Gasteiger partial charge in [-0.3, -0.25) is 0 Å². The maximum Gasteiger partial charge on any atom is 0.184 e. The summed E-state index contributed by atoms with van der Waals surface area (Å²) in [6.45, 7) is 6.54. The van der Waals surface area contributed by atoms with E-state index in [1.165, 1.54) is 0 Å². The number of hydrogen-bond acceptors (Lipinski definition) is 6. The van der Waals surface area contributed by atoms with Crippen LogP contribution in [0.3, 0.4) is 0 Å². The highest BCUT2D eigenvalue weighted by atomic mass is 32.2. The summed E-state index contributed by atoms with van der Waals surface area (Å²) < 4.78 is 27.9. The van der Waals surface area contributed by atoms with E-state index < -0.39 is 9.84 Å². The summed E-state index contributed by atoms with van der Waals surface area (Å²) in [6.07, 6.45) is 0. The molecule has 0 aliphatic heterocycles. The van der Waals surface area contributed by atoms with Crippen molar-refractivity contribution in [3.05, 3.63) is 0 Å². The molecule has 0 saturated carbocycles. The summed E-state index contributed by atoms with van der Waals surface area (Å²) in [4.78, 5) is 2.09. The minimum absolute atomic E-state index is 0.0398. The van der Waals surface area contributed by atoms with Crippen molar-refractivity contribution in [2.75, 3.05) is 30.0 Å². The molecule has 1 aromatic heterocycles. The molecule has 0 spiro atoms. The van der Waals surface area contributed by atoms with Gasteiger partial charge in [-0.2, -0.15) is 4.37 Å². The first kappa shape index (κ1) is 14.2. The molecule has 0 bridgehead atoms. The standard InChI is InChI=1S/C10H19N3O2S2/c1-5-17(14,15)8-9(11)12-16-10(8)13(4)6-7(2)3/h7H,5-6H2,1-4H3,(H2,11,12). The van der Waals surface area contributed by atoms with Crippen LogP contribution in [0.2, 0.25) is 0 Å². The lowest BCUT2D eigenvalue weighted by atomic mass is 10.2. The minimum Gasteiger partial charge on any atom is -0.382 e. The Hall–Kier alpha value is -0.820. The van der Waals surface area contributed by atoms with Gasteiger partial charge in [-0.15, -0.1) is 0 Å². The molecule has 98 valence electrons. The molecule has 1 rings (SSSR count). The summed E-state index contributed by atoms with van der Waals surface area (Å²) in [5, 5.41) is 0.637. The molecule has 5 nitrogen and oxygen atoms in total. The molecule has 0 aliphatic rings. The number of hydrogen-bond donors (Lipinski definition) is 1. The highest BCUT2D eigenvalue weighted by molar-refractivity contribution is 7.91. The van der Waals surface area contributed by atoms with E-state index in [1.807, 2.05) is 11.9 Å². The fourth-order valence-corrected chi connectivity index (χ4v) is 3.90. The first-order valence-corrected chi connectivity index (χ1v) is 7.91. The van der Waals surface area contributed by atoms with Crippen LogP contribution in [0, 0.1) is 5.92 Å². The van der Waals surface area contributed by atoms with Crippen molar-refractivity contribution in [3.63, 3.8) is 0 Å². The SMILES string of the molecule is CCS(=O)(=O)c1c(N)nsc1N(C)CC(C)C. The van der Waals surface area contributed by atoms with Gasteiger partial charge in [0.05, 0.1) is 5.75 Å². The third-order valence-electron chi connectivity index (χ3n) is 2.33. The molecule has 0 aliphatic carbocycles. The maximum atomic E-state index is 12.0. The Bertz CT molecular complexity index is 480. The van der Waals surface area contributed by atoms with E-state index in [4.69, 9.17) is 5.73 Å². The van der Waals surface area contributed by atoms with Gasteiger partial charge in [-0.1, -0.05) is 20.8 Å². The van der Waals surface area contributed by atoms with Crippen molar-refractivity contribution >= 4 is 32.2 Å². The van der Waals surface area contributed by atoms with Crippen LogP contribution in [0.1, 0.15) is 20.8 Å². The highest BCUT2D eigenvalue weighted by Gasteiger charge is 2.26. The van der Waals surface area contributed by atoms with E-state index in [2.05, 4.69) is 18.2 Å². The lowest BCUT2D eigenvalue weighted by molar-refractivity contribution is 0.596. The highest BCUT2D eigenvalue weighted by Crippen LogP contribution is 2.34. The van der Waals surface area contributed by atoms with Crippen LogP contribution < -0.4 is 10.6 Å². The number of nitrogens with zero attached hydrogens (tertiary/aromatic N) is 2. The Balaban J connectivity index is 3.19. The Morgan fingerprint density at radius 1 is 1.47 bits per heavy atom. The van der Waals surface area contributed by atoms with Gasteiger partial charge in [0.15, 0.2) is 15.7 Å². The zero-order chi connectivity index (χ0) is 13.2. The molecular formula is C10H19N3O2S2. The molecule has 0 unspecified atom stereocenters. The van der Waals surface area contributed by atoms with Crippen LogP contribution in [-0.4, -0.2) is 32.1 Å². The molecule has 0 fully saturated rings. The van der Waals surface area contributed by atoms with Gasteiger partial charge >= 0.3 is 0 Å². The largest absolute Gasteiger partial charge is 0.382 e. The predicted octanol–water partition coefficient (Wildman–Crippen LogP) is 1.61. The minimum atomic E-state index is -3.32. The summed E-state index contributed by atoms with van der Waals surface area (Å²) in [7, 11) is -1.45. The fraction of sp³-hybridized carbons (Fsp3) is 0.700. The van der Waals surface area contributed by atoms with E-state index in [0.29, 0.717) is 10.9 Å².